The molecule has 0 saturated heterocycles. The lowest BCUT2D eigenvalue weighted by Crippen LogP contribution is -2.22. The van der Waals surface area contributed by atoms with Gasteiger partial charge in [0, 0.05) is 11.6 Å². The van der Waals surface area contributed by atoms with Gasteiger partial charge in [-0.15, -0.1) is 5.10 Å². The Kier molecular flexibility index (Phi) is 2.83. The molecule has 5 heteroatoms. The van der Waals surface area contributed by atoms with Crippen LogP contribution in [-0.4, -0.2) is 16.9 Å². The number of aromatic nitrogens is 2. The highest BCUT2D eigenvalue weighted by Gasteiger charge is 2.10. The van der Waals surface area contributed by atoms with Crippen LogP contribution in [0.1, 0.15) is 6.92 Å². The standard InChI is InChI=1S/C11H11ClN2O2/c1-3-14-11(15)8-5-4-7(12)6-9(8)10(13-14)16-2/h4-6H,3H2,1-2H3. The van der Waals surface area contributed by atoms with Gasteiger partial charge in [-0.25, -0.2) is 4.68 Å². The number of hydrogen-bond acceptors (Lipinski definition) is 3. The van der Waals surface area contributed by atoms with E-state index in [0.29, 0.717) is 28.2 Å². The second-order valence-electron chi connectivity index (χ2n) is 3.32. The van der Waals surface area contributed by atoms with Gasteiger partial charge in [-0.2, -0.15) is 0 Å². The van der Waals surface area contributed by atoms with Gasteiger partial charge >= 0.3 is 0 Å². The number of nitrogens with zero attached hydrogens (tertiary/aromatic N) is 2. The first-order chi connectivity index (χ1) is 7.67. The largest absolute Gasteiger partial charge is 0.480 e. The van der Waals surface area contributed by atoms with Gasteiger partial charge in [0.05, 0.1) is 17.9 Å². The Morgan fingerprint density at radius 2 is 2.19 bits per heavy atom. The first-order valence-corrected chi connectivity index (χ1v) is 5.29. The first kappa shape index (κ1) is 11.0. The van der Waals surface area contributed by atoms with Crippen LogP contribution in [0.2, 0.25) is 5.02 Å². The highest BCUT2D eigenvalue weighted by Crippen LogP contribution is 2.23. The average Bonchev–Trinajstić information content (AvgIpc) is 2.29. The fraction of sp³-hybridized carbons (Fsp3) is 0.273. The molecule has 0 amide bonds. The number of fused-ring (bicyclic) bond motifs is 1. The molecule has 1 aromatic carbocycles. The van der Waals surface area contributed by atoms with Crippen LogP contribution >= 0.6 is 11.6 Å². The quantitative estimate of drug-likeness (QED) is 0.805. The van der Waals surface area contributed by atoms with Crippen LogP contribution in [0.15, 0.2) is 23.0 Å². The number of methoxy groups -OCH3 is 1. The molecule has 84 valence electrons. The monoisotopic (exact) mass is 238 g/mol. The van der Waals surface area contributed by atoms with Crippen LogP contribution in [0.3, 0.4) is 0 Å². The first-order valence-electron chi connectivity index (χ1n) is 4.91. The molecule has 0 aliphatic carbocycles. The zero-order valence-corrected chi connectivity index (χ0v) is 9.78. The Balaban J connectivity index is 2.91. The van der Waals surface area contributed by atoms with Crippen LogP contribution in [0.25, 0.3) is 10.8 Å². The Bertz CT molecular complexity index is 592. The fourth-order valence-electron chi connectivity index (χ4n) is 1.59. The van der Waals surface area contributed by atoms with Crippen molar-refractivity contribution in [2.45, 2.75) is 13.5 Å². The number of benzene rings is 1. The van der Waals surface area contributed by atoms with Crippen LogP contribution in [0.4, 0.5) is 0 Å². The summed E-state index contributed by atoms with van der Waals surface area (Å²) in [6, 6.07) is 5.06. The normalized spacial score (nSPS) is 10.7. The molecule has 4 nitrogen and oxygen atoms in total. The second-order valence-corrected chi connectivity index (χ2v) is 3.76. The Hall–Kier alpha value is -1.55. The van der Waals surface area contributed by atoms with Gasteiger partial charge in [-0.05, 0) is 25.1 Å². The summed E-state index contributed by atoms with van der Waals surface area (Å²) in [7, 11) is 1.52. The van der Waals surface area contributed by atoms with Crippen LogP contribution in [0.5, 0.6) is 5.88 Å². The van der Waals surface area contributed by atoms with Crippen LogP contribution in [-0.2, 0) is 6.54 Å². The molecule has 1 heterocycles. The van der Waals surface area contributed by atoms with Crippen molar-refractivity contribution in [1.82, 2.24) is 9.78 Å². The smallest absolute Gasteiger partial charge is 0.274 e. The molecule has 0 spiro atoms. The lowest BCUT2D eigenvalue weighted by molar-refractivity contribution is 0.384. The number of halogens is 1. The van der Waals surface area contributed by atoms with Gasteiger partial charge in [0.25, 0.3) is 5.56 Å². The van der Waals surface area contributed by atoms with E-state index in [1.165, 1.54) is 11.8 Å². The summed E-state index contributed by atoms with van der Waals surface area (Å²) in [5, 5.41) is 5.87. The van der Waals surface area contributed by atoms with Gasteiger partial charge in [-0.3, -0.25) is 4.79 Å². The van der Waals surface area contributed by atoms with Crippen molar-refractivity contribution in [3.63, 3.8) is 0 Å². The van der Waals surface area contributed by atoms with Gasteiger partial charge in [0.2, 0.25) is 5.88 Å². The van der Waals surface area contributed by atoms with E-state index in [9.17, 15) is 4.79 Å². The molecular weight excluding hydrogens is 228 g/mol. The molecule has 1 aromatic heterocycles. The molecule has 0 radical (unpaired) electrons. The highest BCUT2D eigenvalue weighted by molar-refractivity contribution is 6.31. The molecule has 0 atom stereocenters. The third kappa shape index (κ3) is 1.65. The SMILES string of the molecule is CCn1nc(OC)c2cc(Cl)ccc2c1=O. The van der Waals surface area contributed by atoms with Gasteiger partial charge in [-0.1, -0.05) is 11.6 Å². The minimum absolute atomic E-state index is 0.130. The van der Waals surface area contributed by atoms with Crippen molar-refractivity contribution in [2.24, 2.45) is 0 Å². The summed E-state index contributed by atoms with van der Waals surface area (Å²) in [5.41, 5.74) is -0.130. The van der Waals surface area contributed by atoms with Crippen molar-refractivity contribution in [2.75, 3.05) is 7.11 Å². The Morgan fingerprint density at radius 1 is 1.44 bits per heavy atom. The Labute approximate surface area is 97.4 Å². The van der Waals surface area contributed by atoms with E-state index in [-0.39, 0.29) is 5.56 Å². The molecule has 0 fully saturated rings. The topological polar surface area (TPSA) is 44.1 Å². The fourth-order valence-corrected chi connectivity index (χ4v) is 1.77. The van der Waals surface area contributed by atoms with E-state index in [1.807, 2.05) is 6.92 Å². The van der Waals surface area contributed by atoms with E-state index in [4.69, 9.17) is 16.3 Å². The zero-order valence-electron chi connectivity index (χ0n) is 9.03. The van der Waals surface area contributed by atoms with Gasteiger partial charge < -0.3 is 4.74 Å². The third-order valence-corrected chi connectivity index (χ3v) is 2.62. The minimum atomic E-state index is -0.130. The molecule has 2 aromatic rings. The molecule has 0 unspecified atom stereocenters. The maximum absolute atomic E-state index is 11.9. The summed E-state index contributed by atoms with van der Waals surface area (Å²) < 4.78 is 6.52. The molecule has 0 aliphatic heterocycles. The van der Waals surface area contributed by atoms with Crippen molar-refractivity contribution in [1.29, 1.82) is 0 Å². The zero-order chi connectivity index (χ0) is 11.7. The van der Waals surface area contributed by atoms with Gasteiger partial charge in [0.1, 0.15) is 0 Å². The molecule has 16 heavy (non-hydrogen) atoms. The van der Waals surface area contributed by atoms with Crippen molar-refractivity contribution >= 4 is 22.4 Å². The summed E-state index contributed by atoms with van der Waals surface area (Å²) in [4.78, 5) is 11.9. The van der Waals surface area contributed by atoms with E-state index in [1.54, 1.807) is 18.2 Å². The van der Waals surface area contributed by atoms with E-state index in [2.05, 4.69) is 5.10 Å². The maximum atomic E-state index is 11.9. The van der Waals surface area contributed by atoms with Crippen molar-refractivity contribution < 1.29 is 4.74 Å². The van der Waals surface area contributed by atoms with Crippen LogP contribution < -0.4 is 10.3 Å². The highest BCUT2D eigenvalue weighted by atomic mass is 35.5. The third-order valence-electron chi connectivity index (χ3n) is 2.38. The van der Waals surface area contributed by atoms with E-state index >= 15 is 0 Å². The average molecular weight is 239 g/mol. The molecule has 0 saturated carbocycles. The second kappa shape index (κ2) is 4.14. The number of rotatable bonds is 2. The summed E-state index contributed by atoms with van der Waals surface area (Å²) in [6.45, 7) is 2.36. The van der Waals surface area contributed by atoms with E-state index < -0.39 is 0 Å². The van der Waals surface area contributed by atoms with Crippen molar-refractivity contribution in [3.05, 3.63) is 33.6 Å². The summed E-state index contributed by atoms with van der Waals surface area (Å²) >= 11 is 5.88. The van der Waals surface area contributed by atoms with Gasteiger partial charge in [0.15, 0.2) is 0 Å². The summed E-state index contributed by atoms with van der Waals surface area (Å²) in [5.74, 6) is 0.416. The van der Waals surface area contributed by atoms with Crippen LogP contribution in [0, 0.1) is 0 Å². The van der Waals surface area contributed by atoms with E-state index in [0.717, 1.165) is 0 Å². The maximum Gasteiger partial charge on any atom is 0.274 e. The number of ether oxygens (including phenoxy) is 1. The minimum Gasteiger partial charge on any atom is -0.480 e. The van der Waals surface area contributed by atoms with Crippen molar-refractivity contribution in [3.8, 4) is 5.88 Å². The molecule has 2 rings (SSSR count). The molecule has 0 N–H and O–H groups in total. The lowest BCUT2D eigenvalue weighted by Gasteiger charge is -2.08. The number of hydrogen-bond donors (Lipinski definition) is 0. The Morgan fingerprint density at radius 3 is 2.81 bits per heavy atom. The predicted octanol–water partition coefficient (Wildman–Crippen LogP) is 2.08. The molecular formula is C11H11ClN2O2. The molecule has 0 aliphatic rings. The summed E-state index contributed by atoms with van der Waals surface area (Å²) in [6.07, 6.45) is 0. The molecule has 0 bridgehead atoms. The predicted molar refractivity (Wildman–Crippen MR) is 63.2 cm³/mol. The number of aryl methyl sites for hydroxylation is 1. The lowest BCUT2D eigenvalue weighted by atomic mass is 10.2.